The summed E-state index contributed by atoms with van der Waals surface area (Å²) in [6, 6.07) is 12.6. The zero-order chi connectivity index (χ0) is 14.1. The quantitative estimate of drug-likeness (QED) is 0.895. The number of nitrogens with one attached hydrogen (secondary N) is 1. The third kappa shape index (κ3) is 2.68. The van der Waals surface area contributed by atoms with Crippen LogP contribution in [0, 0.1) is 13.8 Å². The summed E-state index contributed by atoms with van der Waals surface area (Å²) in [7, 11) is 0. The lowest BCUT2D eigenvalue weighted by Crippen LogP contribution is -2.24. The Labute approximate surface area is 128 Å². The maximum Gasteiger partial charge on any atom is 0.123 e. The van der Waals surface area contributed by atoms with Crippen LogP contribution in [0.4, 0.5) is 5.69 Å². The molecule has 0 aromatic heterocycles. The van der Waals surface area contributed by atoms with Gasteiger partial charge in [-0.2, -0.15) is 0 Å². The van der Waals surface area contributed by atoms with Crippen LogP contribution in [0.3, 0.4) is 0 Å². The molecule has 0 aliphatic carbocycles. The zero-order valence-corrected chi connectivity index (χ0v) is 13.3. The zero-order valence-electron chi connectivity index (χ0n) is 11.7. The molecule has 20 heavy (non-hydrogen) atoms. The summed E-state index contributed by atoms with van der Waals surface area (Å²) in [4.78, 5) is 0. The van der Waals surface area contributed by atoms with Crippen LogP contribution in [0.2, 0.25) is 0 Å². The Morgan fingerprint density at radius 3 is 2.60 bits per heavy atom. The molecule has 1 heterocycles. The van der Waals surface area contributed by atoms with Crippen LogP contribution < -0.4 is 10.1 Å². The number of benzene rings is 2. The first-order valence-corrected chi connectivity index (χ1v) is 7.68. The summed E-state index contributed by atoms with van der Waals surface area (Å²) in [5.41, 5.74) is 5.04. The molecule has 1 aliphatic rings. The second-order valence-corrected chi connectivity index (χ2v) is 6.26. The van der Waals surface area contributed by atoms with Crippen molar-refractivity contribution in [3.05, 3.63) is 57.6 Å². The molecule has 1 unspecified atom stereocenters. The van der Waals surface area contributed by atoms with Crippen LogP contribution in [0.25, 0.3) is 0 Å². The van der Waals surface area contributed by atoms with Crippen LogP contribution in [0.1, 0.15) is 16.7 Å². The van der Waals surface area contributed by atoms with Crippen LogP contribution >= 0.6 is 15.9 Å². The van der Waals surface area contributed by atoms with Crippen LogP contribution in [-0.2, 0) is 6.42 Å². The molecule has 3 heteroatoms. The van der Waals surface area contributed by atoms with Crippen molar-refractivity contribution in [1.82, 2.24) is 0 Å². The Kier molecular flexibility index (Phi) is 3.70. The molecule has 2 aromatic carbocycles. The number of anilines is 1. The summed E-state index contributed by atoms with van der Waals surface area (Å²) in [6.45, 7) is 5.09. The molecule has 1 aliphatic heterocycles. The van der Waals surface area contributed by atoms with Gasteiger partial charge in [0.1, 0.15) is 11.9 Å². The van der Waals surface area contributed by atoms with Gasteiger partial charge in [-0.15, -0.1) is 0 Å². The molecular weight excluding hydrogens is 314 g/mol. The minimum absolute atomic E-state index is 0.217. The van der Waals surface area contributed by atoms with Gasteiger partial charge < -0.3 is 10.1 Å². The molecule has 0 bridgehead atoms. The number of hydrogen-bond donors (Lipinski definition) is 1. The molecular formula is C17H18BrNO. The van der Waals surface area contributed by atoms with E-state index in [2.05, 4.69) is 59.4 Å². The third-order valence-corrected chi connectivity index (χ3v) is 4.18. The van der Waals surface area contributed by atoms with E-state index >= 15 is 0 Å². The van der Waals surface area contributed by atoms with E-state index in [4.69, 9.17) is 4.74 Å². The molecule has 104 valence electrons. The highest BCUT2D eigenvalue weighted by Crippen LogP contribution is 2.29. The van der Waals surface area contributed by atoms with Gasteiger partial charge in [-0.1, -0.05) is 34.1 Å². The molecule has 0 radical (unpaired) electrons. The molecule has 0 spiro atoms. The monoisotopic (exact) mass is 331 g/mol. The van der Waals surface area contributed by atoms with Gasteiger partial charge >= 0.3 is 0 Å². The van der Waals surface area contributed by atoms with Crippen LogP contribution in [0.5, 0.6) is 5.75 Å². The van der Waals surface area contributed by atoms with Crippen molar-refractivity contribution in [2.24, 2.45) is 0 Å². The van der Waals surface area contributed by atoms with E-state index in [9.17, 15) is 0 Å². The molecule has 3 rings (SSSR count). The van der Waals surface area contributed by atoms with E-state index in [-0.39, 0.29) is 6.10 Å². The first-order valence-electron chi connectivity index (χ1n) is 6.88. The minimum Gasteiger partial charge on any atom is -0.488 e. The van der Waals surface area contributed by atoms with Crippen molar-refractivity contribution in [3.8, 4) is 5.75 Å². The third-order valence-electron chi connectivity index (χ3n) is 3.72. The van der Waals surface area contributed by atoms with E-state index in [0.717, 1.165) is 23.2 Å². The minimum atomic E-state index is 0.217. The van der Waals surface area contributed by atoms with E-state index in [1.54, 1.807) is 0 Å². The molecule has 0 saturated carbocycles. The summed E-state index contributed by atoms with van der Waals surface area (Å²) in [5.74, 6) is 1.03. The maximum absolute atomic E-state index is 5.96. The van der Waals surface area contributed by atoms with Gasteiger partial charge in [0.15, 0.2) is 0 Å². The van der Waals surface area contributed by atoms with Crippen LogP contribution in [-0.4, -0.2) is 12.6 Å². The molecule has 1 N–H and O–H groups in total. The molecule has 2 nitrogen and oxygen atoms in total. The van der Waals surface area contributed by atoms with E-state index < -0.39 is 0 Å². The fourth-order valence-corrected chi connectivity index (χ4v) is 3.46. The summed E-state index contributed by atoms with van der Waals surface area (Å²) in [6.07, 6.45) is 1.20. The van der Waals surface area contributed by atoms with Gasteiger partial charge in [0.05, 0.1) is 6.54 Å². The Morgan fingerprint density at radius 1 is 1.20 bits per heavy atom. The fraction of sp³-hybridized carbons (Fsp3) is 0.294. The first kappa shape index (κ1) is 13.5. The van der Waals surface area contributed by atoms with Crippen molar-refractivity contribution in [2.75, 3.05) is 11.9 Å². The second kappa shape index (κ2) is 5.49. The first-order chi connectivity index (χ1) is 9.63. The fourth-order valence-electron chi connectivity index (χ4n) is 2.77. The largest absolute Gasteiger partial charge is 0.488 e. The highest BCUT2D eigenvalue weighted by molar-refractivity contribution is 9.10. The molecule has 1 atom stereocenters. The van der Waals surface area contributed by atoms with E-state index in [0.29, 0.717) is 0 Å². The van der Waals surface area contributed by atoms with Crippen molar-refractivity contribution >= 4 is 21.6 Å². The Bertz CT molecular complexity index is 591. The molecule has 2 aromatic rings. The number of halogens is 1. The highest BCUT2D eigenvalue weighted by atomic mass is 79.9. The molecule has 0 fully saturated rings. The maximum atomic E-state index is 5.96. The Hall–Kier alpha value is -1.48. The lowest BCUT2D eigenvalue weighted by atomic mass is 10.1. The number of ether oxygens (including phenoxy) is 1. The van der Waals surface area contributed by atoms with Gasteiger partial charge in [0, 0.05) is 16.6 Å². The molecule has 0 saturated heterocycles. The second-order valence-electron chi connectivity index (χ2n) is 5.35. The standard InChI is InChI=1S/C17H18BrNO/c1-11-7-14(18)8-12(2)17(11)19-10-15-9-13-5-3-4-6-16(13)20-15/h3-8,15,19H,9-10H2,1-2H3. The van der Waals surface area contributed by atoms with E-state index in [1.165, 1.54) is 22.4 Å². The van der Waals surface area contributed by atoms with Gasteiger partial charge in [-0.05, 0) is 48.7 Å². The Balaban J connectivity index is 1.67. The van der Waals surface area contributed by atoms with Gasteiger partial charge in [0.2, 0.25) is 0 Å². The Morgan fingerprint density at radius 2 is 1.90 bits per heavy atom. The van der Waals surface area contributed by atoms with Crippen molar-refractivity contribution in [2.45, 2.75) is 26.4 Å². The summed E-state index contributed by atoms with van der Waals surface area (Å²) in [5, 5.41) is 3.54. The number of rotatable bonds is 3. The highest BCUT2D eigenvalue weighted by Gasteiger charge is 2.22. The normalized spacial score (nSPS) is 16.6. The summed E-state index contributed by atoms with van der Waals surface area (Å²) >= 11 is 3.53. The van der Waals surface area contributed by atoms with Gasteiger partial charge in [-0.25, -0.2) is 0 Å². The SMILES string of the molecule is Cc1cc(Br)cc(C)c1NCC1Cc2ccccc2O1. The van der Waals surface area contributed by atoms with Crippen molar-refractivity contribution in [3.63, 3.8) is 0 Å². The van der Waals surface area contributed by atoms with Crippen molar-refractivity contribution in [1.29, 1.82) is 0 Å². The number of hydrogen-bond acceptors (Lipinski definition) is 2. The van der Waals surface area contributed by atoms with Gasteiger partial charge in [0.25, 0.3) is 0 Å². The van der Waals surface area contributed by atoms with Crippen molar-refractivity contribution < 1.29 is 4.74 Å². The topological polar surface area (TPSA) is 21.3 Å². The van der Waals surface area contributed by atoms with Gasteiger partial charge in [-0.3, -0.25) is 0 Å². The number of aryl methyl sites for hydroxylation is 2. The average molecular weight is 332 g/mol. The summed E-state index contributed by atoms with van der Waals surface area (Å²) < 4.78 is 7.09. The lowest BCUT2D eigenvalue weighted by molar-refractivity contribution is 0.246. The van der Waals surface area contributed by atoms with Crippen LogP contribution in [0.15, 0.2) is 40.9 Å². The number of fused-ring (bicyclic) bond motifs is 1. The molecule has 0 amide bonds. The average Bonchev–Trinajstić information content (AvgIpc) is 2.80. The lowest BCUT2D eigenvalue weighted by Gasteiger charge is -2.17. The van der Waals surface area contributed by atoms with E-state index in [1.807, 2.05) is 12.1 Å². The predicted molar refractivity (Wildman–Crippen MR) is 86.7 cm³/mol. The predicted octanol–water partition coefficient (Wildman–Crippen LogP) is 4.48. The smallest absolute Gasteiger partial charge is 0.123 e. The number of para-hydroxylation sites is 1.